The van der Waals surface area contributed by atoms with E-state index in [1.54, 1.807) is 12.1 Å². The van der Waals surface area contributed by atoms with Crippen molar-refractivity contribution in [1.29, 1.82) is 0 Å². The molecule has 268 valence electrons. The summed E-state index contributed by atoms with van der Waals surface area (Å²) in [5.74, 6) is -2.72. The molecule has 3 fully saturated rings. The lowest BCUT2D eigenvalue weighted by Gasteiger charge is -2.36. The molecule has 0 radical (unpaired) electrons. The standard InChI is InChI=1S/C33H43ClFN5O8S/c1-47-19-28-24-9-7-10-25(35)23(24)14-15-39(28)32(44)48-21-16-27-29(41)36-33(31(43)38-49(45,46)22-12-13-22)17-20(33)8-5-3-2-4-6-11-26(37-34)30(42)40(27)18-21/h5,7-10,20-22,26-28,37H,2-4,6,11-19H2,1H3,(H,36,41)(H,38,43)/t20-,21-,26+,27?,28?,33-/m1/s1. The maximum Gasteiger partial charge on any atom is 0.410 e. The highest BCUT2D eigenvalue weighted by atomic mass is 35.5. The van der Waals surface area contributed by atoms with E-state index < -0.39 is 74.8 Å². The van der Waals surface area contributed by atoms with E-state index in [4.69, 9.17) is 21.3 Å². The molecule has 2 saturated carbocycles. The number of sulfonamides is 1. The third kappa shape index (κ3) is 7.45. The maximum absolute atomic E-state index is 14.6. The van der Waals surface area contributed by atoms with Crippen LogP contribution in [0.1, 0.15) is 75.0 Å². The smallest absolute Gasteiger partial charge is 0.410 e. The summed E-state index contributed by atoms with van der Waals surface area (Å²) >= 11 is 6.04. The van der Waals surface area contributed by atoms with E-state index in [9.17, 15) is 32.0 Å². The van der Waals surface area contributed by atoms with Crippen LogP contribution in [0.4, 0.5) is 9.18 Å². The summed E-state index contributed by atoms with van der Waals surface area (Å²) in [5.41, 5.74) is -0.374. The zero-order valence-corrected chi connectivity index (χ0v) is 28.9. The van der Waals surface area contributed by atoms with Crippen LogP contribution in [0.15, 0.2) is 30.4 Å². The SMILES string of the molecule is COCC1c2cccc(F)c2CCN1C(=O)O[C@@H]1CC2C(=O)N[C@]3(C(=O)NS(=O)(=O)C4CC4)C[C@H]3C=CCCCCC[C@H](NCl)C(=O)N2C1. The number of hydrogen-bond donors (Lipinski definition) is 3. The Morgan fingerprint density at radius 2 is 1.96 bits per heavy atom. The Balaban J connectivity index is 1.23. The van der Waals surface area contributed by atoms with Gasteiger partial charge in [-0.3, -0.25) is 24.0 Å². The summed E-state index contributed by atoms with van der Waals surface area (Å²) in [4.78, 5) is 60.5. The molecule has 6 atom stereocenters. The number of hydrogen-bond acceptors (Lipinski definition) is 9. The van der Waals surface area contributed by atoms with Gasteiger partial charge in [0.1, 0.15) is 29.5 Å². The van der Waals surface area contributed by atoms with Crippen LogP contribution in [-0.2, 0) is 40.3 Å². The molecule has 0 aromatic heterocycles. The fraction of sp³-hybridized carbons (Fsp3) is 0.636. The summed E-state index contributed by atoms with van der Waals surface area (Å²) in [6.07, 6.45) is 7.00. The van der Waals surface area contributed by atoms with Gasteiger partial charge in [-0.1, -0.05) is 37.1 Å². The van der Waals surface area contributed by atoms with E-state index in [0.717, 1.165) is 19.3 Å². The number of fused-ring (bicyclic) bond motifs is 3. The number of rotatable bonds is 7. The minimum atomic E-state index is -3.88. The topological polar surface area (TPSA) is 163 Å². The predicted octanol–water partition coefficient (Wildman–Crippen LogP) is 2.59. The molecule has 49 heavy (non-hydrogen) atoms. The molecule has 2 unspecified atom stereocenters. The number of ether oxygens (including phenoxy) is 2. The molecule has 1 aromatic rings. The molecule has 3 N–H and O–H groups in total. The zero-order valence-electron chi connectivity index (χ0n) is 27.4. The summed E-state index contributed by atoms with van der Waals surface area (Å²) in [6.45, 7) is 0.171. The summed E-state index contributed by atoms with van der Waals surface area (Å²) < 4.78 is 53.5. The third-order valence-corrected chi connectivity index (χ3v) is 12.4. The number of carbonyl (C=O) groups is 4. The van der Waals surface area contributed by atoms with E-state index in [2.05, 4.69) is 14.9 Å². The molecule has 4 amide bonds. The van der Waals surface area contributed by atoms with Gasteiger partial charge in [-0.05, 0) is 73.9 Å². The highest BCUT2D eigenvalue weighted by molar-refractivity contribution is 7.91. The maximum atomic E-state index is 14.6. The molecule has 1 aromatic carbocycles. The molecule has 0 spiro atoms. The first-order chi connectivity index (χ1) is 23.5. The van der Waals surface area contributed by atoms with Gasteiger partial charge in [-0.2, -0.15) is 0 Å². The molecule has 2 aliphatic carbocycles. The Morgan fingerprint density at radius 1 is 1.16 bits per heavy atom. The second-order valence-electron chi connectivity index (χ2n) is 13.6. The Bertz CT molecular complexity index is 1610. The zero-order chi connectivity index (χ0) is 34.9. The van der Waals surface area contributed by atoms with Crippen LogP contribution in [0.3, 0.4) is 0 Å². The third-order valence-electron chi connectivity index (χ3n) is 10.3. The van der Waals surface area contributed by atoms with Crippen molar-refractivity contribution in [3.05, 3.63) is 47.3 Å². The van der Waals surface area contributed by atoms with E-state index in [1.165, 1.54) is 23.0 Å². The molecule has 3 aliphatic heterocycles. The van der Waals surface area contributed by atoms with Crippen LogP contribution >= 0.6 is 11.8 Å². The second-order valence-corrected chi connectivity index (χ2v) is 15.8. The Morgan fingerprint density at radius 3 is 2.69 bits per heavy atom. The fourth-order valence-electron chi connectivity index (χ4n) is 7.29. The largest absolute Gasteiger partial charge is 0.444 e. The van der Waals surface area contributed by atoms with E-state index in [1.807, 2.05) is 12.2 Å². The quantitative estimate of drug-likeness (QED) is 0.284. The molecule has 1 saturated heterocycles. The van der Waals surface area contributed by atoms with Crippen molar-refractivity contribution >= 4 is 45.6 Å². The Hall–Kier alpha value is -3.27. The van der Waals surface area contributed by atoms with Crippen molar-refractivity contribution in [1.82, 2.24) is 24.7 Å². The van der Waals surface area contributed by atoms with Gasteiger partial charge < -0.3 is 19.7 Å². The van der Waals surface area contributed by atoms with Gasteiger partial charge in [0.25, 0.3) is 5.91 Å². The monoisotopic (exact) mass is 723 g/mol. The highest BCUT2D eigenvalue weighted by Gasteiger charge is 2.62. The van der Waals surface area contributed by atoms with E-state index in [0.29, 0.717) is 36.8 Å². The van der Waals surface area contributed by atoms with Crippen molar-refractivity contribution < 1.29 is 41.5 Å². The van der Waals surface area contributed by atoms with Crippen LogP contribution in [0.5, 0.6) is 0 Å². The first-order valence-corrected chi connectivity index (χ1v) is 18.9. The number of methoxy groups -OCH3 is 1. The summed E-state index contributed by atoms with van der Waals surface area (Å²) in [6, 6.07) is 2.14. The van der Waals surface area contributed by atoms with Gasteiger partial charge in [-0.15, -0.1) is 0 Å². The first kappa shape index (κ1) is 35.6. The minimum Gasteiger partial charge on any atom is -0.444 e. The number of nitrogens with one attached hydrogen (secondary N) is 3. The molecule has 6 rings (SSSR count). The highest BCUT2D eigenvalue weighted by Crippen LogP contribution is 2.46. The number of halogens is 2. The van der Waals surface area contributed by atoms with Crippen molar-refractivity contribution in [2.75, 3.05) is 26.8 Å². The van der Waals surface area contributed by atoms with Gasteiger partial charge in [0, 0.05) is 26.0 Å². The average molecular weight is 724 g/mol. The fourth-order valence-corrected chi connectivity index (χ4v) is 8.85. The molecule has 5 aliphatic rings. The van der Waals surface area contributed by atoms with Crippen LogP contribution in [0, 0.1) is 11.7 Å². The molecule has 0 bridgehead atoms. The normalized spacial score (nSPS) is 30.6. The van der Waals surface area contributed by atoms with Crippen molar-refractivity contribution in [2.24, 2.45) is 5.92 Å². The summed E-state index contributed by atoms with van der Waals surface area (Å²) in [5, 5.41) is 2.17. The van der Waals surface area contributed by atoms with E-state index >= 15 is 0 Å². The van der Waals surface area contributed by atoms with Gasteiger partial charge in [0.05, 0.1) is 24.4 Å². The van der Waals surface area contributed by atoms with Gasteiger partial charge in [0.2, 0.25) is 21.8 Å². The minimum absolute atomic E-state index is 0.0646. The lowest BCUT2D eigenvalue weighted by atomic mass is 9.93. The number of carbonyl (C=O) groups excluding carboxylic acids is 4. The van der Waals surface area contributed by atoms with Crippen LogP contribution in [0.2, 0.25) is 0 Å². The molecule has 3 heterocycles. The first-order valence-electron chi connectivity index (χ1n) is 16.9. The molecular weight excluding hydrogens is 681 g/mol. The van der Waals surface area contributed by atoms with E-state index in [-0.39, 0.29) is 44.8 Å². The average Bonchev–Trinajstić information content (AvgIpc) is 3.99. The van der Waals surface area contributed by atoms with Crippen molar-refractivity contribution in [2.45, 2.75) is 99.2 Å². The lowest BCUT2D eigenvalue weighted by molar-refractivity contribution is -0.141. The Labute approximate surface area is 290 Å². The predicted molar refractivity (Wildman–Crippen MR) is 176 cm³/mol. The van der Waals surface area contributed by atoms with Crippen LogP contribution in [-0.4, -0.2) is 97.8 Å². The molecular formula is C33H43ClFN5O8S. The lowest BCUT2D eigenvalue weighted by Crippen LogP contribution is -2.57. The molecule has 13 nitrogen and oxygen atoms in total. The number of nitrogens with zero attached hydrogens (tertiary/aromatic N) is 2. The van der Waals surface area contributed by atoms with Gasteiger partial charge in [0.15, 0.2) is 0 Å². The van der Waals surface area contributed by atoms with Gasteiger partial charge in [-0.25, -0.2) is 22.4 Å². The number of amides is 4. The van der Waals surface area contributed by atoms with Crippen LogP contribution in [0.25, 0.3) is 0 Å². The van der Waals surface area contributed by atoms with Crippen LogP contribution < -0.4 is 14.9 Å². The number of allylic oxidation sites excluding steroid dienone is 1. The summed E-state index contributed by atoms with van der Waals surface area (Å²) in [7, 11) is -2.40. The Kier molecular flexibility index (Phi) is 10.5. The number of benzene rings is 1. The second kappa shape index (κ2) is 14.5. The molecule has 16 heteroatoms. The van der Waals surface area contributed by atoms with Gasteiger partial charge >= 0.3 is 6.09 Å². The van der Waals surface area contributed by atoms with Crippen molar-refractivity contribution in [3.63, 3.8) is 0 Å². The van der Waals surface area contributed by atoms with Crippen molar-refractivity contribution in [3.8, 4) is 0 Å².